The van der Waals surface area contributed by atoms with E-state index in [2.05, 4.69) is 28.5 Å². The number of rotatable bonds is 6. The van der Waals surface area contributed by atoms with Crippen molar-refractivity contribution in [1.82, 2.24) is 15.3 Å². The molecule has 5 aromatic rings. The Balaban J connectivity index is 1.53. The van der Waals surface area contributed by atoms with E-state index < -0.39 is 0 Å². The summed E-state index contributed by atoms with van der Waals surface area (Å²) in [5.41, 5.74) is 5.18. The number of methoxy groups -OCH3 is 1. The molecule has 0 saturated carbocycles. The molecule has 0 aliphatic carbocycles. The first-order chi connectivity index (χ1) is 15.7. The van der Waals surface area contributed by atoms with Gasteiger partial charge in [-0.3, -0.25) is 4.79 Å². The number of nitrogens with one attached hydrogen (secondary N) is 2. The zero-order valence-electron chi connectivity index (χ0n) is 17.8. The molecule has 0 bridgehead atoms. The Kier molecular flexibility index (Phi) is 5.30. The highest BCUT2D eigenvalue weighted by Gasteiger charge is 2.17. The lowest BCUT2D eigenvalue weighted by Crippen LogP contribution is -2.26. The number of hydrogen-bond acceptors (Lipinski definition) is 3. The number of carbonyl (C=O) groups is 1. The van der Waals surface area contributed by atoms with Crippen molar-refractivity contribution in [2.45, 2.75) is 6.42 Å². The molecule has 0 aliphatic rings. The molecule has 0 fully saturated rings. The van der Waals surface area contributed by atoms with E-state index in [9.17, 15) is 4.79 Å². The highest BCUT2D eigenvalue weighted by atomic mass is 16.5. The molecule has 0 atom stereocenters. The van der Waals surface area contributed by atoms with Gasteiger partial charge in [0.15, 0.2) is 0 Å². The van der Waals surface area contributed by atoms with Crippen molar-refractivity contribution in [3.05, 3.63) is 96.2 Å². The molecule has 3 aromatic carbocycles. The fourth-order valence-corrected chi connectivity index (χ4v) is 3.98. The number of hydrogen-bond donors (Lipinski definition) is 2. The third-order valence-corrected chi connectivity index (χ3v) is 5.63. The summed E-state index contributed by atoms with van der Waals surface area (Å²) in [4.78, 5) is 21.3. The maximum atomic E-state index is 13.0. The van der Waals surface area contributed by atoms with Gasteiger partial charge in [-0.2, -0.15) is 0 Å². The number of aromatic nitrogens is 2. The Labute approximate surface area is 186 Å². The average Bonchev–Trinajstić information content (AvgIpc) is 3.23. The SMILES string of the molecule is COc1ccc(-c2nc(C(=O)NCCc3ccccc3)cc3c2[nH]c2ccccc23)cc1. The van der Waals surface area contributed by atoms with Crippen molar-refractivity contribution in [3.8, 4) is 17.0 Å². The number of fused-ring (bicyclic) bond motifs is 3. The van der Waals surface area contributed by atoms with E-state index in [0.717, 1.165) is 45.2 Å². The highest BCUT2D eigenvalue weighted by Crippen LogP contribution is 2.33. The van der Waals surface area contributed by atoms with Gasteiger partial charge in [-0.15, -0.1) is 0 Å². The summed E-state index contributed by atoms with van der Waals surface area (Å²) in [5.74, 6) is 0.597. The van der Waals surface area contributed by atoms with Gasteiger partial charge in [-0.05, 0) is 48.4 Å². The number of benzene rings is 3. The summed E-state index contributed by atoms with van der Waals surface area (Å²) in [7, 11) is 1.64. The number of ether oxygens (including phenoxy) is 1. The molecule has 0 spiro atoms. The summed E-state index contributed by atoms with van der Waals surface area (Å²) in [6.45, 7) is 0.550. The van der Waals surface area contributed by atoms with Gasteiger partial charge in [-0.25, -0.2) is 4.98 Å². The van der Waals surface area contributed by atoms with E-state index in [-0.39, 0.29) is 5.91 Å². The van der Waals surface area contributed by atoms with Gasteiger partial charge in [0.2, 0.25) is 0 Å². The number of nitrogens with zero attached hydrogens (tertiary/aromatic N) is 1. The molecule has 158 valence electrons. The third-order valence-electron chi connectivity index (χ3n) is 5.63. The van der Waals surface area contributed by atoms with E-state index in [1.807, 2.05) is 66.7 Å². The second kappa shape index (κ2) is 8.55. The standard InChI is InChI=1S/C27H23N3O2/c1-32-20-13-11-19(12-14-20)25-26-22(21-9-5-6-10-23(21)29-26)17-24(30-25)27(31)28-16-15-18-7-3-2-4-8-18/h2-14,17,29H,15-16H2,1H3,(H,28,31). The zero-order valence-corrected chi connectivity index (χ0v) is 17.8. The molecule has 5 nitrogen and oxygen atoms in total. The molecule has 0 unspecified atom stereocenters. The molecule has 2 aromatic heterocycles. The van der Waals surface area contributed by atoms with Crippen LogP contribution in [-0.4, -0.2) is 29.5 Å². The smallest absolute Gasteiger partial charge is 0.269 e. The minimum absolute atomic E-state index is 0.178. The van der Waals surface area contributed by atoms with E-state index >= 15 is 0 Å². The number of pyridine rings is 1. The molecule has 0 saturated heterocycles. The van der Waals surface area contributed by atoms with Crippen LogP contribution in [-0.2, 0) is 6.42 Å². The predicted molar refractivity (Wildman–Crippen MR) is 128 cm³/mol. The van der Waals surface area contributed by atoms with Crippen LogP contribution in [0.1, 0.15) is 16.1 Å². The molecule has 2 N–H and O–H groups in total. The first-order valence-electron chi connectivity index (χ1n) is 10.6. The van der Waals surface area contributed by atoms with Crippen molar-refractivity contribution in [2.75, 3.05) is 13.7 Å². The van der Waals surface area contributed by atoms with Gasteiger partial charge >= 0.3 is 0 Å². The van der Waals surface area contributed by atoms with Crippen LogP contribution in [0.2, 0.25) is 0 Å². The Morgan fingerprint density at radius 3 is 2.47 bits per heavy atom. The van der Waals surface area contributed by atoms with Gasteiger partial charge < -0.3 is 15.0 Å². The first kappa shape index (κ1) is 19.8. The molecule has 2 heterocycles. The summed E-state index contributed by atoms with van der Waals surface area (Å²) in [6.07, 6.45) is 0.771. The van der Waals surface area contributed by atoms with E-state index in [4.69, 9.17) is 9.72 Å². The van der Waals surface area contributed by atoms with Crippen LogP contribution in [0.25, 0.3) is 33.1 Å². The average molecular weight is 422 g/mol. The summed E-state index contributed by atoms with van der Waals surface area (Å²) < 4.78 is 5.29. The fraction of sp³-hybridized carbons (Fsp3) is 0.111. The normalized spacial score (nSPS) is 11.0. The minimum Gasteiger partial charge on any atom is -0.497 e. The maximum absolute atomic E-state index is 13.0. The summed E-state index contributed by atoms with van der Waals surface area (Å²) in [5, 5.41) is 5.07. The lowest BCUT2D eigenvalue weighted by atomic mass is 10.1. The molecule has 0 radical (unpaired) electrons. The van der Waals surface area contributed by atoms with E-state index in [1.54, 1.807) is 7.11 Å². The first-order valence-corrected chi connectivity index (χ1v) is 10.6. The Morgan fingerprint density at radius 1 is 0.938 bits per heavy atom. The lowest BCUT2D eigenvalue weighted by molar-refractivity contribution is 0.0949. The maximum Gasteiger partial charge on any atom is 0.269 e. The Bertz CT molecular complexity index is 1390. The van der Waals surface area contributed by atoms with Crippen LogP contribution in [0.3, 0.4) is 0 Å². The van der Waals surface area contributed by atoms with Gasteiger partial charge in [0, 0.05) is 28.4 Å². The monoisotopic (exact) mass is 421 g/mol. The molecule has 32 heavy (non-hydrogen) atoms. The van der Waals surface area contributed by atoms with E-state index in [1.165, 1.54) is 5.56 Å². The second-order valence-corrected chi connectivity index (χ2v) is 7.67. The minimum atomic E-state index is -0.178. The number of amides is 1. The molecule has 0 aliphatic heterocycles. The lowest BCUT2D eigenvalue weighted by Gasteiger charge is -2.09. The molecular weight excluding hydrogens is 398 g/mol. The fourth-order valence-electron chi connectivity index (χ4n) is 3.98. The van der Waals surface area contributed by atoms with Crippen LogP contribution in [0.15, 0.2) is 84.9 Å². The quantitative estimate of drug-likeness (QED) is 0.388. The number of H-pyrrole nitrogens is 1. The number of para-hydroxylation sites is 1. The van der Waals surface area contributed by atoms with Crippen LogP contribution in [0, 0.1) is 0 Å². The summed E-state index contributed by atoms with van der Waals surface area (Å²) in [6, 6.07) is 27.8. The third kappa shape index (κ3) is 3.81. The molecular formula is C27H23N3O2. The van der Waals surface area contributed by atoms with E-state index in [0.29, 0.717) is 12.2 Å². The highest BCUT2D eigenvalue weighted by molar-refractivity contribution is 6.13. The van der Waals surface area contributed by atoms with Crippen molar-refractivity contribution >= 4 is 27.7 Å². The van der Waals surface area contributed by atoms with Gasteiger partial charge in [0.1, 0.15) is 11.4 Å². The molecule has 1 amide bonds. The topological polar surface area (TPSA) is 67.0 Å². The van der Waals surface area contributed by atoms with Crippen LogP contribution in [0.5, 0.6) is 5.75 Å². The summed E-state index contributed by atoms with van der Waals surface area (Å²) >= 11 is 0. The predicted octanol–water partition coefficient (Wildman–Crippen LogP) is 5.36. The Hall–Kier alpha value is -4.12. The van der Waals surface area contributed by atoms with Crippen molar-refractivity contribution in [1.29, 1.82) is 0 Å². The van der Waals surface area contributed by atoms with Crippen LogP contribution < -0.4 is 10.1 Å². The number of aromatic amines is 1. The number of carbonyl (C=O) groups excluding carboxylic acids is 1. The van der Waals surface area contributed by atoms with Crippen LogP contribution >= 0.6 is 0 Å². The van der Waals surface area contributed by atoms with Gasteiger partial charge in [-0.1, -0.05) is 48.5 Å². The van der Waals surface area contributed by atoms with Crippen molar-refractivity contribution in [3.63, 3.8) is 0 Å². The molecule has 5 heteroatoms. The zero-order chi connectivity index (χ0) is 21.9. The molecule has 5 rings (SSSR count). The Morgan fingerprint density at radius 2 is 1.69 bits per heavy atom. The van der Waals surface area contributed by atoms with Crippen molar-refractivity contribution in [2.24, 2.45) is 0 Å². The van der Waals surface area contributed by atoms with Crippen molar-refractivity contribution < 1.29 is 9.53 Å². The largest absolute Gasteiger partial charge is 0.497 e. The second-order valence-electron chi connectivity index (χ2n) is 7.67. The van der Waals surface area contributed by atoms with Crippen LogP contribution in [0.4, 0.5) is 0 Å². The van der Waals surface area contributed by atoms with Gasteiger partial charge in [0.25, 0.3) is 5.91 Å². The van der Waals surface area contributed by atoms with Gasteiger partial charge in [0.05, 0.1) is 18.3 Å².